The summed E-state index contributed by atoms with van der Waals surface area (Å²) in [7, 11) is 0. The normalized spacial score (nSPS) is 17.2. The number of amides is 2. The van der Waals surface area contributed by atoms with E-state index < -0.39 is 0 Å². The molecule has 0 bridgehead atoms. The summed E-state index contributed by atoms with van der Waals surface area (Å²) < 4.78 is 7.19. The molecular weight excluding hydrogens is 294 g/mol. The summed E-state index contributed by atoms with van der Waals surface area (Å²) in [5, 5.41) is 10.1. The van der Waals surface area contributed by atoms with Crippen molar-refractivity contribution >= 4 is 11.8 Å². The van der Waals surface area contributed by atoms with E-state index in [-0.39, 0.29) is 12.1 Å². The summed E-state index contributed by atoms with van der Waals surface area (Å²) in [6, 6.07) is 1.91. The number of rotatable bonds is 7. The number of aromatic nitrogens is 2. The molecule has 1 aliphatic heterocycles. The van der Waals surface area contributed by atoms with Crippen LogP contribution in [0.5, 0.6) is 0 Å². The minimum atomic E-state index is -0.184. The zero-order chi connectivity index (χ0) is 16.7. The summed E-state index contributed by atoms with van der Waals surface area (Å²) >= 11 is 0. The van der Waals surface area contributed by atoms with Gasteiger partial charge in [0, 0.05) is 32.2 Å². The van der Waals surface area contributed by atoms with Crippen molar-refractivity contribution in [3.8, 4) is 0 Å². The highest BCUT2D eigenvalue weighted by molar-refractivity contribution is 5.88. The fraction of sp³-hybridized carbons (Fsp3) is 0.750. The molecule has 1 aromatic heterocycles. The predicted molar refractivity (Wildman–Crippen MR) is 90.7 cm³/mol. The van der Waals surface area contributed by atoms with E-state index in [9.17, 15) is 4.79 Å². The van der Waals surface area contributed by atoms with Gasteiger partial charge in [0.25, 0.3) is 0 Å². The van der Waals surface area contributed by atoms with E-state index >= 15 is 0 Å². The minimum absolute atomic E-state index is 0.184. The molecular formula is C16H29N5O2. The van der Waals surface area contributed by atoms with E-state index in [4.69, 9.17) is 4.74 Å². The fourth-order valence-electron chi connectivity index (χ4n) is 2.86. The van der Waals surface area contributed by atoms with Crippen molar-refractivity contribution in [3.05, 3.63) is 12.3 Å². The molecule has 0 aromatic carbocycles. The summed E-state index contributed by atoms with van der Waals surface area (Å²) in [4.78, 5) is 14.3. The van der Waals surface area contributed by atoms with Crippen molar-refractivity contribution in [2.24, 2.45) is 5.92 Å². The number of carbonyl (C=O) groups excluding carboxylic acids is 1. The Kier molecular flexibility index (Phi) is 6.85. The van der Waals surface area contributed by atoms with Gasteiger partial charge in [-0.1, -0.05) is 13.8 Å². The number of nitrogens with one attached hydrogen (secondary N) is 2. The lowest BCUT2D eigenvalue weighted by atomic mass is 10.1. The van der Waals surface area contributed by atoms with E-state index in [0.29, 0.717) is 12.5 Å². The molecule has 1 atom stereocenters. The standard InChI is InChI=1S/C16H29N5O2/c1-13(2)12-14(3)21-15(4-5-18-21)19-16(22)17-6-7-20-8-10-23-11-9-20/h4-5,13-14H,6-12H2,1-3H3,(H2,17,19,22). The van der Waals surface area contributed by atoms with E-state index in [1.807, 2.05) is 10.7 Å². The minimum Gasteiger partial charge on any atom is -0.379 e. The topological polar surface area (TPSA) is 71.4 Å². The highest BCUT2D eigenvalue weighted by Crippen LogP contribution is 2.20. The van der Waals surface area contributed by atoms with Crippen LogP contribution in [0.15, 0.2) is 12.3 Å². The van der Waals surface area contributed by atoms with Crippen LogP contribution in [0.25, 0.3) is 0 Å². The second-order valence-electron chi connectivity index (χ2n) is 6.47. The van der Waals surface area contributed by atoms with Crippen LogP contribution in [0.1, 0.15) is 33.2 Å². The van der Waals surface area contributed by atoms with Crippen LogP contribution in [0, 0.1) is 5.92 Å². The molecule has 1 aliphatic rings. The lowest BCUT2D eigenvalue weighted by Crippen LogP contribution is -2.42. The van der Waals surface area contributed by atoms with Gasteiger partial charge in [-0.05, 0) is 19.3 Å². The average Bonchev–Trinajstić information content (AvgIpc) is 2.96. The van der Waals surface area contributed by atoms with Gasteiger partial charge in [-0.3, -0.25) is 10.2 Å². The smallest absolute Gasteiger partial charge is 0.320 e. The number of morpholine rings is 1. The van der Waals surface area contributed by atoms with Gasteiger partial charge in [0.15, 0.2) is 0 Å². The van der Waals surface area contributed by atoms with Crippen LogP contribution in [0.2, 0.25) is 0 Å². The van der Waals surface area contributed by atoms with E-state index in [1.54, 1.807) is 6.20 Å². The van der Waals surface area contributed by atoms with Crippen LogP contribution in [0.4, 0.5) is 10.6 Å². The average molecular weight is 323 g/mol. The molecule has 2 N–H and O–H groups in total. The van der Waals surface area contributed by atoms with Crippen molar-refractivity contribution in [1.82, 2.24) is 20.0 Å². The third-order valence-corrected chi connectivity index (χ3v) is 3.96. The maximum Gasteiger partial charge on any atom is 0.320 e. The molecule has 7 nitrogen and oxygen atoms in total. The third-order valence-electron chi connectivity index (χ3n) is 3.96. The molecule has 0 spiro atoms. The number of nitrogens with zero attached hydrogens (tertiary/aromatic N) is 3. The summed E-state index contributed by atoms with van der Waals surface area (Å²) in [6.45, 7) is 11.4. The first kappa shape index (κ1) is 17.7. The third kappa shape index (κ3) is 5.84. The number of ether oxygens (including phenoxy) is 1. The Morgan fingerprint density at radius 2 is 2.09 bits per heavy atom. The van der Waals surface area contributed by atoms with Crippen LogP contribution in [-0.4, -0.2) is 60.1 Å². The summed E-state index contributed by atoms with van der Waals surface area (Å²) in [5.74, 6) is 1.33. The number of urea groups is 1. The van der Waals surface area contributed by atoms with Crippen molar-refractivity contribution in [2.45, 2.75) is 33.2 Å². The molecule has 1 saturated heterocycles. The van der Waals surface area contributed by atoms with Gasteiger partial charge in [0.05, 0.1) is 25.5 Å². The molecule has 1 aromatic rings. The van der Waals surface area contributed by atoms with Crippen LogP contribution >= 0.6 is 0 Å². The van der Waals surface area contributed by atoms with Crippen molar-refractivity contribution < 1.29 is 9.53 Å². The lowest BCUT2D eigenvalue weighted by molar-refractivity contribution is 0.0388. The van der Waals surface area contributed by atoms with Crippen LogP contribution in [0.3, 0.4) is 0 Å². The van der Waals surface area contributed by atoms with E-state index in [2.05, 4.69) is 41.4 Å². The molecule has 2 heterocycles. The Morgan fingerprint density at radius 3 is 2.78 bits per heavy atom. The lowest BCUT2D eigenvalue weighted by Gasteiger charge is -2.26. The summed E-state index contributed by atoms with van der Waals surface area (Å²) in [5.41, 5.74) is 0. The van der Waals surface area contributed by atoms with E-state index in [1.165, 1.54) is 0 Å². The Morgan fingerprint density at radius 1 is 1.35 bits per heavy atom. The zero-order valence-corrected chi connectivity index (χ0v) is 14.4. The Balaban J connectivity index is 1.75. The van der Waals surface area contributed by atoms with E-state index in [0.717, 1.165) is 45.1 Å². The monoisotopic (exact) mass is 323 g/mol. The Bertz CT molecular complexity index is 483. The van der Waals surface area contributed by atoms with Crippen molar-refractivity contribution in [2.75, 3.05) is 44.7 Å². The van der Waals surface area contributed by atoms with Gasteiger partial charge in [0.2, 0.25) is 0 Å². The maximum atomic E-state index is 12.0. The van der Waals surface area contributed by atoms with Crippen LogP contribution in [-0.2, 0) is 4.74 Å². The number of anilines is 1. The second kappa shape index (κ2) is 8.88. The highest BCUT2D eigenvalue weighted by Gasteiger charge is 2.14. The van der Waals surface area contributed by atoms with Gasteiger partial charge in [-0.15, -0.1) is 0 Å². The van der Waals surface area contributed by atoms with Gasteiger partial charge in [-0.25, -0.2) is 9.48 Å². The number of carbonyl (C=O) groups is 1. The first-order valence-electron chi connectivity index (χ1n) is 8.44. The molecule has 23 heavy (non-hydrogen) atoms. The summed E-state index contributed by atoms with van der Waals surface area (Å²) in [6.07, 6.45) is 2.75. The molecule has 130 valence electrons. The van der Waals surface area contributed by atoms with Crippen molar-refractivity contribution in [3.63, 3.8) is 0 Å². The van der Waals surface area contributed by atoms with Crippen LogP contribution < -0.4 is 10.6 Å². The molecule has 1 fully saturated rings. The predicted octanol–water partition coefficient (Wildman–Crippen LogP) is 1.94. The SMILES string of the molecule is CC(C)CC(C)n1nccc1NC(=O)NCCN1CCOCC1. The molecule has 0 saturated carbocycles. The molecule has 2 rings (SSSR count). The second-order valence-corrected chi connectivity index (χ2v) is 6.47. The number of hydrogen-bond donors (Lipinski definition) is 2. The van der Waals surface area contributed by atoms with Crippen molar-refractivity contribution in [1.29, 1.82) is 0 Å². The zero-order valence-electron chi connectivity index (χ0n) is 14.4. The van der Waals surface area contributed by atoms with Gasteiger partial charge in [-0.2, -0.15) is 5.10 Å². The van der Waals surface area contributed by atoms with Gasteiger partial charge < -0.3 is 10.1 Å². The highest BCUT2D eigenvalue weighted by atomic mass is 16.5. The first-order valence-corrected chi connectivity index (χ1v) is 8.44. The van der Waals surface area contributed by atoms with Gasteiger partial charge >= 0.3 is 6.03 Å². The molecule has 7 heteroatoms. The van der Waals surface area contributed by atoms with Gasteiger partial charge in [0.1, 0.15) is 5.82 Å². The quantitative estimate of drug-likeness (QED) is 0.804. The molecule has 2 amide bonds. The number of hydrogen-bond acceptors (Lipinski definition) is 4. The maximum absolute atomic E-state index is 12.0. The Labute approximate surface area is 138 Å². The molecule has 1 unspecified atom stereocenters. The first-order chi connectivity index (χ1) is 11.1. The molecule has 0 radical (unpaired) electrons. The largest absolute Gasteiger partial charge is 0.379 e. The fourth-order valence-corrected chi connectivity index (χ4v) is 2.86. The molecule has 0 aliphatic carbocycles. The Hall–Kier alpha value is -1.60.